The fourth-order valence-corrected chi connectivity index (χ4v) is 4.26. The van der Waals surface area contributed by atoms with Crippen LogP contribution >= 0.6 is 0 Å². The number of aliphatic hydroxyl groups excluding tert-OH is 1. The van der Waals surface area contributed by atoms with E-state index < -0.39 is 11.8 Å². The van der Waals surface area contributed by atoms with Crippen molar-refractivity contribution < 1.29 is 19.7 Å². The summed E-state index contributed by atoms with van der Waals surface area (Å²) in [4.78, 5) is 25.0. The van der Waals surface area contributed by atoms with Crippen molar-refractivity contribution in [2.24, 2.45) is 5.73 Å². The Kier molecular flexibility index (Phi) is 6.63. The number of aliphatic hydroxyl groups is 2. The highest BCUT2D eigenvalue weighted by Gasteiger charge is 2.42. The van der Waals surface area contributed by atoms with Crippen LogP contribution in [0, 0.1) is 11.8 Å². The normalized spacial score (nSPS) is 23.5. The molecule has 2 aliphatic rings. The minimum absolute atomic E-state index is 0.195. The average molecular weight is 452 g/mol. The minimum atomic E-state index is -1.66. The van der Waals surface area contributed by atoms with Crippen LogP contribution in [0.15, 0.2) is 30.3 Å². The lowest BCUT2D eigenvalue weighted by Gasteiger charge is -2.26. The van der Waals surface area contributed by atoms with Gasteiger partial charge in [0.15, 0.2) is 5.82 Å². The van der Waals surface area contributed by atoms with Gasteiger partial charge in [-0.1, -0.05) is 24.0 Å². The van der Waals surface area contributed by atoms with Gasteiger partial charge in [-0.2, -0.15) is 0 Å². The molecule has 2 aromatic rings. The fourth-order valence-electron chi connectivity index (χ4n) is 4.26. The molecule has 4 N–H and O–H groups in total. The minimum Gasteiger partial charge on any atom is -0.383 e. The van der Waals surface area contributed by atoms with Crippen LogP contribution in [0.3, 0.4) is 0 Å². The number of nitrogens with zero attached hydrogens (tertiary/aromatic N) is 4. The van der Waals surface area contributed by atoms with E-state index in [0.29, 0.717) is 41.6 Å². The topological polar surface area (TPSA) is 125 Å². The molecule has 1 aromatic carbocycles. The summed E-state index contributed by atoms with van der Waals surface area (Å²) in [5.41, 5.74) is 5.71. The van der Waals surface area contributed by atoms with Gasteiger partial charge in [-0.05, 0) is 25.0 Å². The third kappa shape index (κ3) is 4.84. The number of carbonyl (C=O) groups excluding carboxylic acids is 1. The van der Waals surface area contributed by atoms with E-state index in [-0.39, 0.29) is 18.4 Å². The smallest absolute Gasteiger partial charge is 0.267 e. The zero-order chi connectivity index (χ0) is 23.6. The standard InChI is InChI=1S/C24H29N5O4/c1-28-12-10-24(32,23(28)31)9-8-16-5-3-6-17(13-16)22-26-19(21(25)30)14-20(27-22)29-11-4-7-18(29)15-33-2/h3,5-6,13-14,18,21,30,32H,4,7,10-12,15,25H2,1-2H3/t18?,21?,24-/m0/s1. The zero-order valence-electron chi connectivity index (χ0n) is 18.9. The number of ether oxygens (including phenoxy) is 1. The number of methoxy groups -OCH3 is 1. The van der Waals surface area contributed by atoms with E-state index in [1.165, 1.54) is 4.90 Å². The van der Waals surface area contributed by atoms with Crippen LogP contribution in [0.25, 0.3) is 11.4 Å². The van der Waals surface area contributed by atoms with Crippen molar-refractivity contribution in [1.82, 2.24) is 14.9 Å². The van der Waals surface area contributed by atoms with E-state index >= 15 is 0 Å². The lowest BCUT2D eigenvalue weighted by molar-refractivity contribution is -0.137. The number of hydrogen-bond acceptors (Lipinski definition) is 8. The second kappa shape index (κ2) is 9.45. The number of hydrogen-bond donors (Lipinski definition) is 3. The number of benzene rings is 1. The highest BCUT2D eigenvalue weighted by Crippen LogP contribution is 2.28. The first-order valence-corrected chi connectivity index (χ1v) is 11.0. The Labute approximate surface area is 193 Å². The summed E-state index contributed by atoms with van der Waals surface area (Å²) in [6, 6.07) is 9.15. The number of anilines is 1. The highest BCUT2D eigenvalue weighted by molar-refractivity contribution is 5.90. The number of carbonyl (C=O) groups is 1. The van der Waals surface area contributed by atoms with E-state index in [1.807, 2.05) is 12.1 Å². The first kappa shape index (κ1) is 23.1. The molecule has 1 aromatic heterocycles. The summed E-state index contributed by atoms with van der Waals surface area (Å²) in [5.74, 6) is 6.35. The van der Waals surface area contributed by atoms with Crippen LogP contribution in [-0.4, -0.2) is 76.5 Å². The molecule has 3 atom stereocenters. The monoisotopic (exact) mass is 451 g/mol. The van der Waals surface area contributed by atoms with Gasteiger partial charge in [-0.3, -0.25) is 4.79 Å². The van der Waals surface area contributed by atoms with Crippen LogP contribution < -0.4 is 10.6 Å². The van der Waals surface area contributed by atoms with Crippen LogP contribution in [0.2, 0.25) is 0 Å². The predicted octanol–water partition coefficient (Wildman–Crippen LogP) is 0.653. The van der Waals surface area contributed by atoms with E-state index in [4.69, 9.17) is 15.5 Å². The lowest BCUT2D eigenvalue weighted by atomic mass is 10.0. The Bertz CT molecular complexity index is 1100. The number of nitrogens with two attached hydrogens (primary N) is 1. The van der Waals surface area contributed by atoms with Gasteiger partial charge in [0.1, 0.15) is 12.0 Å². The van der Waals surface area contributed by atoms with Crippen molar-refractivity contribution in [2.45, 2.75) is 37.1 Å². The predicted molar refractivity (Wildman–Crippen MR) is 123 cm³/mol. The maximum absolute atomic E-state index is 12.2. The molecule has 2 saturated heterocycles. The molecule has 3 heterocycles. The molecule has 4 rings (SSSR count). The number of amides is 1. The molecule has 0 aliphatic carbocycles. The van der Waals surface area contributed by atoms with Crippen LogP contribution in [0.5, 0.6) is 0 Å². The zero-order valence-corrected chi connectivity index (χ0v) is 18.9. The number of rotatable bonds is 5. The second-order valence-electron chi connectivity index (χ2n) is 8.53. The average Bonchev–Trinajstić information content (AvgIpc) is 3.38. The molecule has 2 aliphatic heterocycles. The lowest BCUT2D eigenvalue weighted by Crippen LogP contribution is -2.37. The Morgan fingerprint density at radius 1 is 1.33 bits per heavy atom. The SMILES string of the molecule is COCC1CCCN1c1cc(C(N)O)nc(-c2cccc(C#C[C@]3(O)CCN(C)C3=O)c2)n1. The summed E-state index contributed by atoms with van der Waals surface area (Å²) in [5, 5.41) is 20.6. The molecule has 0 spiro atoms. The molecule has 0 bridgehead atoms. The maximum atomic E-state index is 12.2. The van der Waals surface area contributed by atoms with Gasteiger partial charge in [0, 0.05) is 50.9 Å². The molecule has 9 nitrogen and oxygen atoms in total. The third-order valence-corrected chi connectivity index (χ3v) is 6.11. The van der Waals surface area contributed by atoms with Crippen molar-refractivity contribution in [2.75, 3.05) is 38.8 Å². The second-order valence-corrected chi connectivity index (χ2v) is 8.53. The quantitative estimate of drug-likeness (QED) is 0.447. The Hall–Kier alpha value is -3.03. The molecular formula is C24H29N5O4. The molecular weight excluding hydrogens is 422 g/mol. The van der Waals surface area contributed by atoms with Crippen molar-refractivity contribution >= 4 is 11.7 Å². The maximum Gasteiger partial charge on any atom is 0.267 e. The molecule has 33 heavy (non-hydrogen) atoms. The number of likely N-dealkylation sites (N-methyl/N-ethyl adjacent to an activating group) is 1. The number of aromatic nitrogens is 2. The van der Waals surface area contributed by atoms with Crippen molar-refractivity contribution in [3.05, 3.63) is 41.6 Å². The summed E-state index contributed by atoms with van der Waals surface area (Å²) in [6.45, 7) is 1.88. The van der Waals surface area contributed by atoms with Crippen LogP contribution in [0.1, 0.15) is 36.7 Å². The fraction of sp³-hybridized carbons (Fsp3) is 0.458. The van der Waals surface area contributed by atoms with Gasteiger partial charge in [-0.15, -0.1) is 0 Å². The molecule has 0 radical (unpaired) electrons. The number of likely N-dealkylation sites (tertiary alicyclic amines) is 1. The van der Waals surface area contributed by atoms with Gasteiger partial charge in [0.05, 0.1) is 18.3 Å². The molecule has 9 heteroatoms. The third-order valence-electron chi connectivity index (χ3n) is 6.11. The van der Waals surface area contributed by atoms with Gasteiger partial charge >= 0.3 is 0 Å². The molecule has 2 fully saturated rings. The van der Waals surface area contributed by atoms with Gasteiger partial charge in [0.2, 0.25) is 5.60 Å². The summed E-state index contributed by atoms with van der Waals surface area (Å²) < 4.78 is 5.36. The van der Waals surface area contributed by atoms with E-state index in [2.05, 4.69) is 21.7 Å². The van der Waals surface area contributed by atoms with Crippen molar-refractivity contribution in [3.8, 4) is 23.2 Å². The molecule has 174 valence electrons. The van der Waals surface area contributed by atoms with Gasteiger partial charge in [0.25, 0.3) is 5.91 Å². The first-order valence-electron chi connectivity index (χ1n) is 11.0. The van der Waals surface area contributed by atoms with Crippen molar-refractivity contribution in [3.63, 3.8) is 0 Å². The Morgan fingerprint density at radius 3 is 2.85 bits per heavy atom. The summed E-state index contributed by atoms with van der Waals surface area (Å²) in [6.07, 6.45) is 1.05. The van der Waals surface area contributed by atoms with E-state index in [1.54, 1.807) is 32.4 Å². The summed E-state index contributed by atoms with van der Waals surface area (Å²) >= 11 is 0. The van der Waals surface area contributed by atoms with Crippen LogP contribution in [-0.2, 0) is 9.53 Å². The van der Waals surface area contributed by atoms with Gasteiger partial charge in [-0.25, -0.2) is 9.97 Å². The van der Waals surface area contributed by atoms with Gasteiger partial charge < -0.3 is 30.5 Å². The van der Waals surface area contributed by atoms with Crippen LogP contribution in [0.4, 0.5) is 5.82 Å². The summed E-state index contributed by atoms with van der Waals surface area (Å²) in [7, 11) is 3.32. The Balaban J connectivity index is 1.68. The first-order chi connectivity index (χ1) is 15.8. The molecule has 0 saturated carbocycles. The van der Waals surface area contributed by atoms with E-state index in [0.717, 1.165) is 19.4 Å². The largest absolute Gasteiger partial charge is 0.383 e. The highest BCUT2D eigenvalue weighted by atomic mass is 16.5. The van der Waals surface area contributed by atoms with Crippen molar-refractivity contribution in [1.29, 1.82) is 0 Å². The Morgan fingerprint density at radius 2 is 2.15 bits per heavy atom. The molecule has 1 amide bonds. The molecule has 2 unspecified atom stereocenters. The van der Waals surface area contributed by atoms with E-state index in [9.17, 15) is 15.0 Å².